The van der Waals surface area contributed by atoms with Crippen LogP contribution in [0.15, 0.2) is 0 Å². The maximum absolute atomic E-state index is 5.28. The minimum Gasteiger partial charge on any atom is -0.380 e. The number of methoxy groups -OCH3 is 1. The van der Waals surface area contributed by atoms with E-state index in [4.69, 9.17) is 4.74 Å². The molecule has 0 amide bonds. The van der Waals surface area contributed by atoms with Crippen molar-refractivity contribution in [2.24, 2.45) is 0 Å². The average Bonchev–Trinajstić information content (AvgIpc) is 2.29. The van der Waals surface area contributed by atoms with Gasteiger partial charge in [-0.3, -0.25) is 0 Å². The van der Waals surface area contributed by atoms with Gasteiger partial charge in [0.05, 0.1) is 6.10 Å². The van der Waals surface area contributed by atoms with Gasteiger partial charge in [0.15, 0.2) is 0 Å². The van der Waals surface area contributed by atoms with Gasteiger partial charge in [-0.05, 0) is 25.7 Å². The Hall–Kier alpha value is -0.0800. The van der Waals surface area contributed by atoms with Crippen molar-refractivity contribution in [1.29, 1.82) is 0 Å². The van der Waals surface area contributed by atoms with Crippen LogP contribution in [-0.4, -0.2) is 25.3 Å². The molecule has 1 aliphatic heterocycles. The molecule has 0 bridgehead atoms. The molecule has 2 nitrogen and oxygen atoms in total. The number of nitrogens with one attached hydrogen (secondary N) is 1. The first-order valence-corrected chi connectivity index (χ1v) is 4.12. The smallest absolute Gasteiger partial charge is 0.0713 e. The second-order valence-electron chi connectivity index (χ2n) is 3.58. The van der Waals surface area contributed by atoms with E-state index in [2.05, 4.69) is 5.32 Å². The number of hydrogen-bond donors (Lipinski definition) is 1. The monoisotopic (exact) mass is 141 g/mol. The van der Waals surface area contributed by atoms with Gasteiger partial charge in [-0.2, -0.15) is 0 Å². The zero-order valence-electron chi connectivity index (χ0n) is 6.52. The van der Waals surface area contributed by atoms with Gasteiger partial charge >= 0.3 is 0 Å². The largest absolute Gasteiger partial charge is 0.380 e. The van der Waals surface area contributed by atoms with Crippen LogP contribution in [0.2, 0.25) is 0 Å². The summed E-state index contributed by atoms with van der Waals surface area (Å²) in [5.74, 6) is 0. The fourth-order valence-corrected chi connectivity index (χ4v) is 2.06. The maximum atomic E-state index is 5.28. The summed E-state index contributed by atoms with van der Waals surface area (Å²) in [5.41, 5.74) is 0.515. The summed E-state index contributed by atoms with van der Waals surface area (Å²) in [5, 5.41) is 3.55. The highest BCUT2D eigenvalue weighted by molar-refractivity contribution is 5.02. The highest BCUT2D eigenvalue weighted by Crippen LogP contribution is 2.39. The molecule has 0 aromatic carbocycles. The minimum absolute atomic E-state index is 0.486. The average molecular weight is 141 g/mol. The summed E-state index contributed by atoms with van der Waals surface area (Å²) in [6.07, 6.45) is 5.87. The Morgan fingerprint density at radius 3 is 2.60 bits per heavy atom. The Morgan fingerprint density at radius 1 is 1.50 bits per heavy atom. The lowest BCUT2D eigenvalue weighted by atomic mass is 9.76. The van der Waals surface area contributed by atoms with Gasteiger partial charge in [0.25, 0.3) is 0 Å². The second-order valence-corrected chi connectivity index (χ2v) is 3.58. The molecule has 1 N–H and O–H groups in total. The van der Waals surface area contributed by atoms with Crippen LogP contribution in [0.4, 0.5) is 0 Å². The lowest BCUT2D eigenvalue weighted by Crippen LogP contribution is -2.45. The zero-order valence-corrected chi connectivity index (χ0v) is 6.52. The lowest BCUT2D eigenvalue weighted by molar-refractivity contribution is 0.101. The van der Waals surface area contributed by atoms with Crippen LogP contribution in [-0.2, 0) is 4.74 Å². The highest BCUT2D eigenvalue weighted by atomic mass is 16.5. The summed E-state index contributed by atoms with van der Waals surface area (Å²) >= 11 is 0. The van der Waals surface area contributed by atoms with Gasteiger partial charge in [0, 0.05) is 19.2 Å². The van der Waals surface area contributed by atoms with E-state index >= 15 is 0 Å². The summed E-state index contributed by atoms with van der Waals surface area (Å²) in [7, 11) is 1.81. The SMILES string of the molecule is COC1CNC2(CCC2)C1. The molecular weight excluding hydrogens is 126 g/mol. The summed E-state index contributed by atoms with van der Waals surface area (Å²) in [6, 6.07) is 0. The topological polar surface area (TPSA) is 21.3 Å². The third-order valence-electron chi connectivity index (χ3n) is 2.97. The van der Waals surface area contributed by atoms with Crippen molar-refractivity contribution in [3.8, 4) is 0 Å². The molecule has 1 atom stereocenters. The molecule has 1 spiro atoms. The van der Waals surface area contributed by atoms with Crippen LogP contribution >= 0.6 is 0 Å². The maximum Gasteiger partial charge on any atom is 0.0713 e. The quantitative estimate of drug-likeness (QED) is 0.586. The molecule has 0 aromatic heterocycles. The zero-order chi connectivity index (χ0) is 7.03. The molecule has 2 rings (SSSR count). The molecule has 10 heavy (non-hydrogen) atoms. The van der Waals surface area contributed by atoms with Gasteiger partial charge in [-0.15, -0.1) is 0 Å². The van der Waals surface area contributed by atoms with Crippen LogP contribution in [0.3, 0.4) is 0 Å². The molecule has 1 saturated heterocycles. The first kappa shape index (κ1) is 6.62. The van der Waals surface area contributed by atoms with Crippen molar-refractivity contribution >= 4 is 0 Å². The van der Waals surface area contributed by atoms with Gasteiger partial charge in [0.2, 0.25) is 0 Å². The van der Waals surface area contributed by atoms with E-state index in [1.54, 1.807) is 0 Å². The van der Waals surface area contributed by atoms with Gasteiger partial charge < -0.3 is 10.1 Å². The third kappa shape index (κ3) is 0.867. The van der Waals surface area contributed by atoms with Crippen molar-refractivity contribution in [3.63, 3.8) is 0 Å². The number of hydrogen-bond acceptors (Lipinski definition) is 2. The van der Waals surface area contributed by atoms with Crippen molar-refractivity contribution in [2.75, 3.05) is 13.7 Å². The molecule has 0 aromatic rings. The normalized spacial score (nSPS) is 36.3. The van der Waals surface area contributed by atoms with E-state index in [-0.39, 0.29) is 0 Å². The van der Waals surface area contributed by atoms with Crippen LogP contribution in [0.1, 0.15) is 25.7 Å². The Balaban J connectivity index is 1.92. The van der Waals surface area contributed by atoms with E-state index in [1.165, 1.54) is 25.7 Å². The van der Waals surface area contributed by atoms with Crippen molar-refractivity contribution in [3.05, 3.63) is 0 Å². The molecule has 1 unspecified atom stereocenters. The van der Waals surface area contributed by atoms with E-state index in [1.807, 2.05) is 7.11 Å². The standard InChI is InChI=1S/C8H15NO/c1-10-7-5-8(9-6-7)3-2-4-8/h7,9H,2-6H2,1H3. The number of rotatable bonds is 1. The predicted octanol–water partition coefficient (Wildman–Crippen LogP) is 0.917. The van der Waals surface area contributed by atoms with Crippen LogP contribution in [0.5, 0.6) is 0 Å². The van der Waals surface area contributed by atoms with Crippen LogP contribution < -0.4 is 5.32 Å². The fraction of sp³-hybridized carbons (Fsp3) is 1.00. The lowest BCUT2D eigenvalue weighted by Gasteiger charge is -2.38. The molecule has 1 saturated carbocycles. The fourth-order valence-electron chi connectivity index (χ4n) is 2.06. The predicted molar refractivity (Wildman–Crippen MR) is 40.0 cm³/mol. The minimum atomic E-state index is 0.486. The van der Waals surface area contributed by atoms with Gasteiger partial charge in [-0.25, -0.2) is 0 Å². The summed E-state index contributed by atoms with van der Waals surface area (Å²) in [4.78, 5) is 0. The highest BCUT2D eigenvalue weighted by Gasteiger charge is 2.43. The van der Waals surface area contributed by atoms with Crippen LogP contribution in [0, 0.1) is 0 Å². The summed E-state index contributed by atoms with van der Waals surface area (Å²) < 4.78 is 5.28. The van der Waals surface area contributed by atoms with Gasteiger partial charge in [0.1, 0.15) is 0 Å². The molecule has 1 aliphatic carbocycles. The molecular formula is C8H15NO. The molecule has 1 heterocycles. The van der Waals surface area contributed by atoms with E-state index in [0.717, 1.165) is 6.54 Å². The van der Waals surface area contributed by atoms with E-state index < -0.39 is 0 Å². The molecule has 0 radical (unpaired) electrons. The Labute approximate surface area is 61.9 Å². The third-order valence-corrected chi connectivity index (χ3v) is 2.97. The number of ether oxygens (including phenoxy) is 1. The van der Waals surface area contributed by atoms with E-state index in [0.29, 0.717) is 11.6 Å². The van der Waals surface area contributed by atoms with Crippen molar-refractivity contribution in [2.45, 2.75) is 37.3 Å². The van der Waals surface area contributed by atoms with Crippen molar-refractivity contribution in [1.82, 2.24) is 5.32 Å². The first-order valence-electron chi connectivity index (χ1n) is 4.12. The molecule has 2 fully saturated rings. The van der Waals surface area contributed by atoms with Crippen molar-refractivity contribution < 1.29 is 4.74 Å². The Morgan fingerprint density at radius 2 is 2.30 bits per heavy atom. The second kappa shape index (κ2) is 2.21. The molecule has 2 aliphatic rings. The van der Waals surface area contributed by atoms with Crippen LogP contribution in [0.25, 0.3) is 0 Å². The van der Waals surface area contributed by atoms with Gasteiger partial charge in [-0.1, -0.05) is 0 Å². The first-order chi connectivity index (χ1) is 4.85. The Bertz CT molecular complexity index is 131. The Kier molecular flexibility index (Phi) is 1.46. The van der Waals surface area contributed by atoms with E-state index in [9.17, 15) is 0 Å². The molecule has 2 heteroatoms. The molecule has 58 valence electrons. The summed E-state index contributed by atoms with van der Waals surface area (Å²) in [6.45, 7) is 1.07.